The fraction of sp³-hybridized carbons (Fsp3) is 1.00. The van der Waals surface area contributed by atoms with Gasteiger partial charge in [-0.15, -0.1) is 0 Å². The van der Waals surface area contributed by atoms with Crippen molar-refractivity contribution < 1.29 is 0 Å². The molecule has 0 unspecified atom stereocenters. The monoisotopic (exact) mass is 151 g/mol. The zero-order valence-electron chi connectivity index (χ0n) is 3.70. The molecule has 0 fully saturated rings. The molecule has 0 heterocycles. The first-order valence-electron chi connectivity index (χ1n) is 2.12. The summed E-state index contributed by atoms with van der Waals surface area (Å²) in [5.41, 5.74) is 5.14. The maximum atomic E-state index is 5.14. The van der Waals surface area contributed by atoms with Gasteiger partial charge in [0.2, 0.25) is 0 Å². The third-order valence-corrected chi connectivity index (χ3v) is 0.558. The molecule has 0 aliphatic carbocycles. The van der Waals surface area contributed by atoms with E-state index in [1.165, 1.54) is 12.8 Å². The molecule has 0 aromatic rings. The van der Waals surface area contributed by atoms with Crippen LogP contribution >= 0.6 is 0 Å². The molecule has 2 heteroatoms. The van der Waals surface area contributed by atoms with E-state index in [4.69, 9.17) is 5.73 Å². The molecule has 0 atom stereocenters. The topological polar surface area (TPSA) is 26.0 Å². The van der Waals surface area contributed by atoms with Gasteiger partial charge in [-0.25, -0.2) is 0 Å². The third-order valence-electron chi connectivity index (χ3n) is 0.558. The Balaban J connectivity index is 0. The van der Waals surface area contributed by atoms with Crippen LogP contribution in [0, 0.1) is 0 Å². The fourth-order valence-corrected chi connectivity index (χ4v) is 0.204. The van der Waals surface area contributed by atoms with E-state index in [1.54, 1.807) is 0 Å². The SMILES string of the molecule is CCCCN.[GeH4]. The number of hydrogen-bond donors (Lipinski definition) is 1. The summed E-state index contributed by atoms with van der Waals surface area (Å²) in [4.78, 5) is 0. The fourth-order valence-electron chi connectivity index (χ4n) is 0.204. The molecule has 2 N–H and O–H groups in total. The minimum absolute atomic E-state index is 0. The van der Waals surface area contributed by atoms with E-state index in [2.05, 4.69) is 6.92 Å². The second kappa shape index (κ2) is 9.09. The number of unbranched alkanes of at least 4 members (excludes halogenated alkanes) is 1. The van der Waals surface area contributed by atoms with Gasteiger partial charge in [0.15, 0.2) is 0 Å². The summed E-state index contributed by atoms with van der Waals surface area (Å²) in [6.45, 7) is 2.98. The van der Waals surface area contributed by atoms with Crippen molar-refractivity contribution in [2.24, 2.45) is 5.73 Å². The van der Waals surface area contributed by atoms with Gasteiger partial charge in [-0.1, -0.05) is 13.3 Å². The van der Waals surface area contributed by atoms with E-state index < -0.39 is 0 Å². The molecule has 0 bridgehead atoms. The number of hydrogen-bond acceptors (Lipinski definition) is 1. The van der Waals surface area contributed by atoms with Crippen molar-refractivity contribution in [2.45, 2.75) is 19.8 Å². The Bertz CT molecular complexity index is 15.0. The summed E-state index contributed by atoms with van der Waals surface area (Å²) in [6.07, 6.45) is 2.39. The van der Waals surface area contributed by atoms with Gasteiger partial charge in [0.1, 0.15) is 0 Å². The molecule has 1 nitrogen and oxygen atoms in total. The van der Waals surface area contributed by atoms with Gasteiger partial charge in [0.25, 0.3) is 0 Å². The molecule has 0 saturated heterocycles. The zero-order valence-corrected chi connectivity index (χ0v) is 3.70. The van der Waals surface area contributed by atoms with Gasteiger partial charge in [-0.2, -0.15) is 0 Å². The number of rotatable bonds is 2. The molecule has 0 aliphatic rings. The predicted octanol–water partition coefficient (Wildman–Crippen LogP) is -0.706. The Morgan fingerprint density at radius 3 is 2.00 bits per heavy atom. The van der Waals surface area contributed by atoms with Crippen LogP contribution in [0.4, 0.5) is 0 Å². The van der Waals surface area contributed by atoms with Crippen molar-refractivity contribution in [2.75, 3.05) is 6.54 Å². The predicted molar refractivity (Wildman–Crippen MR) is 35.3 cm³/mol. The third kappa shape index (κ3) is 8.82. The molecule has 0 aliphatic heterocycles. The standard InChI is InChI=1S/C4H11N.GeH4/c1-2-3-4-5;/h2-5H2,1H3;1H4. The Labute approximate surface area is 50.3 Å². The summed E-state index contributed by atoms with van der Waals surface area (Å²) < 4.78 is 0. The summed E-state index contributed by atoms with van der Waals surface area (Å²) in [5.74, 6) is 0. The zero-order chi connectivity index (χ0) is 4.12. The minimum atomic E-state index is 0. The molecule has 0 saturated carbocycles. The van der Waals surface area contributed by atoms with Crippen molar-refractivity contribution in [3.05, 3.63) is 0 Å². The Morgan fingerprint density at radius 2 is 2.00 bits per heavy atom. The van der Waals surface area contributed by atoms with E-state index >= 15 is 0 Å². The average molecular weight is 150 g/mol. The molecule has 6 heavy (non-hydrogen) atoms. The van der Waals surface area contributed by atoms with E-state index in [-0.39, 0.29) is 17.6 Å². The molecular weight excluding hydrogens is 135 g/mol. The summed E-state index contributed by atoms with van der Waals surface area (Å²) in [5, 5.41) is 0. The van der Waals surface area contributed by atoms with Gasteiger partial charge in [0.05, 0.1) is 0 Å². The van der Waals surface area contributed by atoms with Crippen LogP contribution in [-0.2, 0) is 0 Å². The van der Waals surface area contributed by atoms with Crippen molar-refractivity contribution in [1.82, 2.24) is 0 Å². The van der Waals surface area contributed by atoms with Crippen molar-refractivity contribution in [1.29, 1.82) is 0 Å². The van der Waals surface area contributed by atoms with E-state index in [1.807, 2.05) is 0 Å². The van der Waals surface area contributed by atoms with E-state index in [0.29, 0.717) is 0 Å². The summed E-state index contributed by atoms with van der Waals surface area (Å²) in [7, 11) is 0. The molecule has 0 radical (unpaired) electrons. The van der Waals surface area contributed by atoms with Crippen LogP contribution in [0.15, 0.2) is 0 Å². The van der Waals surface area contributed by atoms with Gasteiger partial charge >= 0.3 is 17.6 Å². The summed E-state index contributed by atoms with van der Waals surface area (Å²) >= 11 is 0. The van der Waals surface area contributed by atoms with E-state index in [0.717, 1.165) is 6.54 Å². The van der Waals surface area contributed by atoms with Crippen LogP contribution < -0.4 is 5.73 Å². The second-order valence-corrected chi connectivity index (χ2v) is 1.14. The molecular formula is C4H15GeN. The maximum absolute atomic E-state index is 5.14. The second-order valence-electron chi connectivity index (χ2n) is 1.14. The van der Waals surface area contributed by atoms with Crippen LogP contribution in [0.2, 0.25) is 0 Å². The first kappa shape index (κ1) is 9.71. The van der Waals surface area contributed by atoms with Gasteiger partial charge in [-0.3, -0.25) is 0 Å². The van der Waals surface area contributed by atoms with Crippen molar-refractivity contribution in [3.8, 4) is 0 Å². The Morgan fingerprint density at radius 1 is 1.50 bits per heavy atom. The Hall–Kier alpha value is 0.503. The van der Waals surface area contributed by atoms with Crippen molar-refractivity contribution in [3.63, 3.8) is 0 Å². The number of nitrogens with two attached hydrogens (primary N) is 1. The average Bonchev–Trinajstić information content (AvgIpc) is 1.41. The van der Waals surface area contributed by atoms with Gasteiger partial charge in [-0.05, 0) is 13.0 Å². The van der Waals surface area contributed by atoms with Crippen LogP contribution in [0.5, 0.6) is 0 Å². The molecule has 0 aromatic heterocycles. The van der Waals surface area contributed by atoms with E-state index in [9.17, 15) is 0 Å². The Kier molecular flexibility index (Phi) is 14.7. The van der Waals surface area contributed by atoms with Crippen LogP contribution in [0.25, 0.3) is 0 Å². The molecule has 0 spiro atoms. The first-order valence-corrected chi connectivity index (χ1v) is 2.12. The van der Waals surface area contributed by atoms with Crippen LogP contribution in [0.3, 0.4) is 0 Å². The summed E-state index contributed by atoms with van der Waals surface area (Å²) in [6, 6.07) is 0. The normalized spacial score (nSPS) is 7.00. The molecule has 0 aromatic carbocycles. The van der Waals surface area contributed by atoms with Gasteiger partial charge in [0, 0.05) is 0 Å². The quantitative estimate of drug-likeness (QED) is 0.517. The molecule has 0 rings (SSSR count). The molecule has 40 valence electrons. The van der Waals surface area contributed by atoms with Gasteiger partial charge < -0.3 is 5.73 Å². The van der Waals surface area contributed by atoms with Crippen LogP contribution in [-0.4, -0.2) is 24.1 Å². The first-order chi connectivity index (χ1) is 2.41. The van der Waals surface area contributed by atoms with Crippen molar-refractivity contribution >= 4 is 17.6 Å². The van der Waals surface area contributed by atoms with Crippen LogP contribution in [0.1, 0.15) is 19.8 Å². The molecule has 0 amide bonds.